The van der Waals surface area contributed by atoms with Gasteiger partial charge in [0.15, 0.2) is 0 Å². The van der Waals surface area contributed by atoms with Crippen molar-refractivity contribution in [1.82, 2.24) is 9.03 Å². The average molecular weight is 241 g/mol. The molecule has 1 saturated carbocycles. The van der Waals surface area contributed by atoms with Crippen molar-refractivity contribution >= 4 is 21.8 Å². The van der Waals surface area contributed by atoms with Gasteiger partial charge in [0, 0.05) is 24.5 Å². The molecule has 1 aliphatic carbocycles. The zero-order valence-corrected chi connectivity index (χ0v) is 10.3. The van der Waals surface area contributed by atoms with Crippen LogP contribution in [-0.2, 0) is 10.2 Å². The molecule has 4 nitrogen and oxygen atoms in total. The van der Waals surface area contributed by atoms with Crippen molar-refractivity contribution in [3.8, 4) is 0 Å². The molecule has 0 heterocycles. The molecule has 0 aromatic rings. The molecule has 0 radical (unpaired) electrons. The molecule has 0 unspecified atom stereocenters. The summed E-state index contributed by atoms with van der Waals surface area (Å²) in [4.78, 5) is 0. The van der Waals surface area contributed by atoms with Crippen molar-refractivity contribution in [1.29, 1.82) is 0 Å². The van der Waals surface area contributed by atoms with E-state index in [2.05, 4.69) is 4.72 Å². The van der Waals surface area contributed by atoms with E-state index < -0.39 is 10.2 Å². The van der Waals surface area contributed by atoms with Gasteiger partial charge in [0.1, 0.15) is 0 Å². The summed E-state index contributed by atoms with van der Waals surface area (Å²) in [6, 6.07) is -0.0110. The number of hydrogen-bond acceptors (Lipinski definition) is 2. The number of alkyl halides is 1. The zero-order chi connectivity index (χ0) is 10.9. The highest BCUT2D eigenvalue weighted by atomic mass is 35.5. The topological polar surface area (TPSA) is 49.4 Å². The van der Waals surface area contributed by atoms with E-state index in [0.717, 1.165) is 12.8 Å². The van der Waals surface area contributed by atoms with Crippen LogP contribution >= 0.6 is 11.6 Å². The molecule has 6 heteroatoms. The summed E-state index contributed by atoms with van der Waals surface area (Å²) < 4.78 is 27.3. The molecule has 0 spiro atoms. The second kappa shape index (κ2) is 4.35. The van der Waals surface area contributed by atoms with Crippen LogP contribution in [-0.4, -0.2) is 37.2 Å². The van der Waals surface area contributed by atoms with E-state index in [-0.39, 0.29) is 17.5 Å². The van der Waals surface area contributed by atoms with E-state index >= 15 is 0 Å². The average Bonchev–Trinajstić information content (AvgIpc) is 1.99. The molecule has 0 bridgehead atoms. The molecule has 0 saturated heterocycles. The largest absolute Gasteiger partial charge is 0.279 e. The van der Waals surface area contributed by atoms with Gasteiger partial charge in [-0.2, -0.15) is 17.4 Å². The Morgan fingerprint density at radius 1 is 1.43 bits per heavy atom. The maximum Gasteiger partial charge on any atom is 0.279 e. The Balaban J connectivity index is 2.50. The summed E-state index contributed by atoms with van der Waals surface area (Å²) in [5, 5.41) is 0.132. The van der Waals surface area contributed by atoms with Gasteiger partial charge in [-0.1, -0.05) is 0 Å². The molecule has 1 rings (SSSR count). The third kappa shape index (κ3) is 2.82. The van der Waals surface area contributed by atoms with Crippen LogP contribution in [0.1, 0.15) is 26.7 Å². The second-order valence-corrected chi connectivity index (χ2v) is 6.38. The fraction of sp³-hybridized carbons (Fsp3) is 1.00. The Morgan fingerprint density at radius 3 is 2.29 bits per heavy atom. The standard InChI is InChI=1S/C8H17ClN2O2S/c1-6(2)11(3)14(12,13)10-8-4-7(9)5-8/h6-8,10H,4-5H2,1-3H3. The molecular weight excluding hydrogens is 224 g/mol. The van der Waals surface area contributed by atoms with Crippen molar-refractivity contribution in [2.45, 2.75) is 44.1 Å². The molecule has 1 fully saturated rings. The summed E-state index contributed by atoms with van der Waals surface area (Å²) in [7, 11) is -1.75. The first-order valence-electron chi connectivity index (χ1n) is 4.72. The molecule has 0 aromatic heterocycles. The van der Waals surface area contributed by atoms with E-state index in [1.165, 1.54) is 4.31 Å². The minimum atomic E-state index is -3.32. The number of hydrogen-bond donors (Lipinski definition) is 1. The first-order valence-corrected chi connectivity index (χ1v) is 6.60. The predicted octanol–water partition coefficient (Wildman–Crippen LogP) is 0.931. The number of nitrogens with one attached hydrogen (secondary N) is 1. The van der Waals surface area contributed by atoms with Crippen molar-refractivity contribution in [2.24, 2.45) is 0 Å². The Kier molecular flexibility index (Phi) is 3.80. The predicted molar refractivity (Wildman–Crippen MR) is 57.6 cm³/mol. The van der Waals surface area contributed by atoms with Crippen LogP contribution in [0.25, 0.3) is 0 Å². The molecule has 1 N–H and O–H groups in total. The van der Waals surface area contributed by atoms with Crippen molar-refractivity contribution in [2.75, 3.05) is 7.05 Å². The molecule has 0 atom stereocenters. The van der Waals surface area contributed by atoms with Gasteiger partial charge in [-0.05, 0) is 26.7 Å². The van der Waals surface area contributed by atoms with Gasteiger partial charge >= 0.3 is 0 Å². The van der Waals surface area contributed by atoms with Gasteiger partial charge in [0.2, 0.25) is 0 Å². The zero-order valence-electron chi connectivity index (χ0n) is 8.70. The fourth-order valence-electron chi connectivity index (χ4n) is 1.22. The van der Waals surface area contributed by atoms with Gasteiger partial charge < -0.3 is 0 Å². The lowest BCUT2D eigenvalue weighted by molar-refractivity contribution is 0.356. The smallest absolute Gasteiger partial charge is 0.199 e. The Hall–Kier alpha value is 0.160. The molecule has 0 aliphatic heterocycles. The monoisotopic (exact) mass is 240 g/mol. The molecule has 84 valence electrons. The van der Waals surface area contributed by atoms with Gasteiger partial charge in [0.25, 0.3) is 10.2 Å². The highest BCUT2D eigenvalue weighted by molar-refractivity contribution is 7.87. The normalized spacial score (nSPS) is 28.1. The summed E-state index contributed by atoms with van der Waals surface area (Å²) in [5.74, 6) is 0. The lowest BCUT2D eigenvalue weighted by Gasteiger charge is -2.33. The lowest BCUT2D eigenvalue weighted by Crippen LogP contribution is -2.51. The quantitative estimate of drug-likeness (QED) is 0.744. The maximum atomic E-state index is 11.7. The van der Waals surface area contributed by atoms with Crippen LogP contribution in [0.4, 0.5) is 0 Å². The minimum absolute atomic E-state index is 0.0173. The van der Waals surface area contributed by atoms with E-state index in [0.29, 0.717) is 0 Å². The number of rotatable bonds is 4. The Labute approximate surface area is 90.8 Å². The van der Waals surface area contributed by atoms with Crippen molar-refractivity contribution in [3.05, 3.63) is 0 Å². The lowest BCUT2D eigenvalue weighted by atomic mass is 9.94. The Morgan fingerprint density at radius 2 is 1.93 bits per heavy atom. The van der Waals surface area contributed by atoms with Crippen molar-refractivity contribution in [3.63, 3.8) is 0 Å². The van der Waals surface area contributed by atoms with Crippen LogP contribution in [0.5, 0.6) is 0 Å². The van der Waals surface area contributed by atoms with Crippen LogP contribution in [0.2, 0.25) is 0 Å². The van der Waals surface area contributed by atoms with E-state index in [4.69, 9.17) is 11.6 Å². The molecule has 14 heavy (non-hydrogen) atoms. The summed E-state index contributed by atoms with van der Waals surface area (Å²) in [6.45, 7) is 3.68. The third-order valence-electron chi connectivity index (χ3n) is 2.50. The van der Waals surface area contributed by atoms with E-state index in [1.54, 1.807) is 7.05 Å². The van der Waals surface area contributed by atoms with Gasteiger partial charge in [0.05, 0.1) is 0 Å². The number of nitrogens with zero attached hydrogens (tertiary/aromatic N) is 1. The summed E-state index contributed by atoms with van der Waals surface area (Å²) in [5.41, 5.74) is 0. The summed E-state index contributed by atoms with van der Waals surface area (Å²) >= 11 is 5.77. The van der Waals surface area contributed by atoms with Crippen LogP contribution in [0, 0.1) is 0 Å². The van der Waals surface area contributed by atoms with Crippen LogP contribution < -0.4 is 4.72 Å². The molecular formula is C8H17ClN2O2S. The minimum Gasteiger partial charge on any atom is -0.199 e. The van der Waals surface area contributed by atoms with Gasteiger partial charge in [-0.25, -0.2) is 0 Å². The van der Waals surface area contributed by atoms with Gasteiger partial charge in [-0.3, -0.25) is 0 Å². The highest BCUT2D eigenvalue weighted by Crippen LogP contribution is 2.26. The first-order chi connectivity index (χ1) is 6.33. The summed E-state index contributed by atoms with van der Waals surface area (Å²) in [6.07, 6.45) is 1.46. The first kappa shape index (κ1) is 12.2. The number of halogens is 1. The fourth-order valence-corrected chi connectivity index (χ4v) is 2.98. The third-order valence-corrected chi connectivity index (χ3v) is 4.67. The highest BCUT2D eigenvalue weighted by Gasteiger charge is 2.32. The van der Waals surface area contributed by atoms with E-state index in [9.17, 15) is 8.42 Å². The SMILES string of the molecule is CC(C)N(C)S(=O)(=O)NC1CC(Cl)C1. The van der Waals surface area contributed by atoms with Gasteiger partial charge in [-0.15, -0.1) is 11.6 Å². The Bertz CT molecular complexity index is 286. The van der Waals surface area contributed by atoms with Crippen molar-refractivity contribution < 1.29 is 8.42 Å². The van der Waals surface area contributed by atoms with E-state index in [1.807, 2.05) is 13.8 Å². The molecule has 0 aromatic carbocycles. The second-order valence-electron chi connectivity index (χ2n) is 4.00. The molecule has 0 amide bonds. The van der Waals surface area contributed by atoms with Crippen LogP contribution in [0.15, 0.2) is 0 Å². The maximum absolute atomic E-state index is 11.7. The molecule has 1 aliphatic rings. The van der Waals surface area contributed by atoms with Crippen LogP contribution in [0.3, 0.4) is 0 Å².